The molecule has 3 heterocycles. The summed E-state index contributed by atoms with van der Waals surface area (Å²) in [6, 6.07) is 21.1. The van der Waals surface area contributed by atoms with Crippen molar-refractivity contribution in [2.45, 2.75) is 13.0 Å². The van der Waals surface area contributed by atoms with Crippen LogP contribution in [0.1, 0.15) is 21.5 Å². The molecule has 0 unspecified atom stereocenters. The second kappa shape index (κ2) is 9.92. The maximum Gasteiger partial charge on any atom is 0.253 e. The van der Waals surface area contributed by atoms with Crippen LogP contribution in [0, 0.1) is 0 Å². The molecule has 0 saturated carbocycles. The standard InChI is InChI=1S/C26H27N7O2/c1-30(18-21-5-3-2-4-6-21)26(35)22-9-7-20(8-10-22)17-25(34)32-15-13-31(14-16-32)24-12-11-23-28-27-19-33(23)29-24/h2-12,19H,13-18H2,1H3. The summed E-state index contributed by atoms with van der Waals surface area (Å²) in [5.41, 5.74) is 3.31. The van der Waals surface area contributed by atoms with E-state index in [0.717, 1.165) is 16.9 Å². The molecule has 0 bridgehead atoms. The Morgan fingerprint density at radius 1 is 0.886 bits per heavy atom. The highest BCUT2D eigenvalue weighted by Crippen LogP contribution is 2.16. The molecule has 1 aliphatic heterocycles. The molecule has 1 aliphatic rings. The van der Waals surface area contributed by atoms with Crippen LogP contribution >= 0.6 is 0 Å². The number of amides is 2. The van der Waals surface area contributed by atoms with Gasteiger partial charge in [-0.25, -0.2) is 0 Å². The lowest BCUT2D eigenvalue weighted by atomic mass is 10.1. The molecule has 0 atom stereocenters. The Morgan fingerprint density at radius 3 is 2.37 bits per heavy atom. The molecule has 0 aliphatic carbocycles. The fraction of sp³-hybridized carbons (Fsp3) is 0.269. The lowest BCUT2D eigenvalue weighted by Crippen LogP contribution is -2.49. The summed E-state index contributed by atoms with van der Waals surface area (Å²) in [4.78, 5) is 31.4. The van der Waals surface area contributed by atoms with Crippen LogP contribution in [0.15, 0.2) is 73.1 Å². The second-order valence-electron chi connectivity index (χ2n) is 8.71. The molecule has 2 amide bonds. The Labute approximate surface area is 203 Å². The van der Waals surface area contributed by atoms with E-state index in [1.54, 1.807) is 34.9 Å². The predicted molar refractivity (Wildman–Crippen MR) is 132 cm³/mol. The predicted octanol–water partition coefficient (Wildman–Crippen LogP) is 2.29. The molecule has 0 N–H and O–H groups in total. The Bertz CT molecular complexity index is 1310. The van der Waals surface area contributed by atoms with Gasteiger partial charge in [-0.2, -0.15) is 4.52 Å². The molecule has 2 aromatic heterocycles. The highest BCUT2D eigenvalue weighted by Gasteiger charge is 2.22. The van der Waals surface area contributed by atoms with Crippen LogP contribution in [-0.2, 0) is 17.8 Å². The van der Waals surface area contributed by atoms with Crippen molar-refractivity contribution in [1.29, 1.82) is 0 Å². The van der Waals surface area contributed by atoms with E-state index in [4.69, 9.17) is 0 Å². The minimum Gasteiger partial charge on any atom is -0.352 e. The number of benzene rings is 2. The topological polar surface area (TPSA) is 86.9 Å². The van der Waals surface area contributed by atoms with Crippen LogP contribution in [-0.4, -0.2) is 74.7 Å². The van der Waals surface area contributed by atoms with E-state index >= 15 is 0 Å². The van der Waals surface area contributed by atoms with Crippen LogP contribution in [0.3, 0.4) is 0 Å². The van der Waals surface area contributed by atoms with Crippen molar-refractivity contribution < 1.29 is 9.59 Å². The first-order chi connectivity index (χ1) is 17.1. The van der Waals surface area contributed by atoms with E-state index in [0.29, 0.717) is 50.4 Å². The largest absolute Gasteiger partial charge is 0.352 e. The zero-order valence-corrected chi connectivity index (χ0v) is 19.6. The van der Waals surface area contributed by atoms with Crippen molar-refractivity contribution in [3.8, 4) is 0 Å². The van der Waals surface area contributed by atoms with E-state index in [2.05, 4.69) is 20.2 Å². The highest BCUT2D eigenvalue weighted by molar-refractivity contribution is 5.94. The summed E-state index contributed by atoms with van der Waals surface area (Å²) < 4.78 is 1.65. The summed E-state index contributed by atoms with van der Waals surface area (Å²) in [5.74, 6) is 0.898. The smallest absolute Gasteiger partial charge is 0.253 e. The number of piperazine rings is 1. The number of aromatic nitrogens is 4. The third-order valence-electron chi connectivity index (χ3n) is 6.27. The van der Waals surface area contributed by atoms with Crippen molar-refractivity contribution >= 4 is 23.3 Å². The van der Waals surface area contributed by atoms with Gasteiger partial charge in [-0.3, -0.25) is 9.59 Å². The van der Waals surface area contributed by atoms with Crippen LogP contribution in [0.25, 0.3) is 5.65 Å². The van der Waals surface area contributed by atoms with Gasteiger partial charge in [-0.15, -0.1) is 15.3 Å². The van der Waals surface area contributed by atoms with Gasteiger partial charge < -0.3 is 14.7 Å². The number of anilines is 1. The number of carbonyl (C=O) groups excluding carboxylic acids is 2. The Hall–Kier alpha value is -4.27. The van der Waals surface area contributed by atoms with E-state index in [-0.39, 0.29) is 11.8 Å². The summed E-state index contributed by atoms with van der Waals surface area (Å²) in [5, 5.41) is 12.4. The molecule has 9 heteroatoms. The monoisotopic (exact) mass is 469 g/mol. The number of fused-ring (bicyclic) bond motifs is 1. The first kappa shape index (κ1) is 22.5. The molecule has 1 saturated heterocycles. The van der Waals surface area contributed by atoms with Gasteiger partial charge in [0.25, 0.3) is 5.91 Å². The maximum absolute atomic E-state index is 12.9. The van der Waals surface area contributed by atoms with E-state index in [1.807, 2.05) is 59.5 Å². The number of nitrogens with zero attached hydrogens (tertiary/aromatic N) is 7. The number of hydrogen-bond acceptors (Lipinski definition) is 6. The lowest BCUT2D eigenvalue weighted by Gasteiger charge is -2.35. The van der Waals surface area contributed by atoms with Crippen molar-refractivity contribution in [2.24, 2.45) is 0 Å². The number of rotatable bonds is 6. The van der Waals surface area contributed by atoms with Gasteiger partial charge in [-0.1, -0.05) is 42.5 Å². The molecule has 9 nitrogen and oxygen atoms in total. The summed E-state index contributed by atoms with van der Waals surface area (Å²) in [7, 11) is 1.80. The average Bonchev–Trinajstić information content (AvgIpc) is 3.37. The van der Waals surface area contributed by atoms with Crippen molar-refractivity contribution in [3.63, 3.8) is 0 Å². The minimum absolute atomic E-state index is 0.0406. The third-order valence-corrected chi connectivity index (χ3v) is 6.27. The minimum atomic E-state index is -0.0406. The van der Waals surface area contributed by atoms with Gasteiger partial charge in [0.1, 0.15) is 12.1 Å². The molecular weight excluding hydrogens is 442 g/mol. The highest BCUT2D eigenvalue weighted by atomic mass is 16.2. The van der Waals surface area contributed by atoms with Crippen LogP contribution in [0.5, 0.6) is 0 Å². The van der Waals surface area contributed by atoms with Gasteiger partial charge in [0, 0.05) is 45.3 Å². The van der Waals surface area contributed by atoms with Crippen molar-refractivity contribution in [2.75, 3.05) is 38.1 Å². The fourth-order valence-electron chi connectivity index (χ4n) is 4.27. The molecule has 35 heavy (non-hydrogen) atoms. The molecule has 5 rings (SSSR count). The van der Waals surface area contributed by atoms with Crippen molar-refractivity contribution in [3.05, 3.63) is 89.7 Å². The van der Waals surface area contributed by atoms with E-state index < -0.39 is 0 Å². The Morgan fingerprint density at radius 2 is 1.63 bits per heavy atom. The summed E-state index contributed by atoms with van der Waals surface area (Å²) in [6.07, 6.45) is 1.90. The molecule has 4 aromatic rings. The number of hydrogen-bond donors (Lipinski definition) is 0. The van der Waals surface area contributed by atoms with Gasteiger partial charge >= 0.3 is 0 Å². The normalized spacial score (nSPS) is 13.7. The Kier molecular flexibility index (Phi) is 6.38. The van der Waals surface area contributed by atoms with Crippen LogP contribution in [0.2, 0.25) is 0 Å². The van der Waals surface area contributed by atoms with Crippen LogP contribution < -0.4 is 4.90 Å². The van der Waals surface area contributed by atoms with Gasteiger partial charge in [-0.05, 0) is 35.4 Å². The van der Waals surface area contributed by atoms with Gasteiger partial charge in [0.2, 0.25) is 5.91 Å². The zero-order chi connectivity index (χ0) is 24.2. The molecule has 0 spiro atoms. The van der Waals surface area contributed by atoms with E-state index in [9.17, 15) is 9.59 Å². The third kappa shape index (κ3) is 5.13. The van der Waals surface area contributed by atoms with E-state index in [1.165, 1.54) is 0 Å². The van der Waals surface area contributed by atoms with Gasteiger partial charge in [0.15, 0.2) is 5.65 Å². The average molecular weight is 470 g/mol. The summed E-state index contributed by atoms with van der Waals surface area (Å²) >= 11 is 0. The SMILES string of the molecule is CN(Cc1ccccc1)C(=O)c1ccc(CC(=O)N2CCN(c3ccc4nncn4n3)CC2)cc1. The fourth-order valence-corrected chi connectivity index (χ4v) is 4.27. The molecular formula is C26H27N7O2. The van der Waals surface area contributed by atoms with Gasteiger partial charge in [0.05, 0.1) is 6.42 Å². The molecule has 2 aromatic carbocycles. The zero-order valence-electron chi connectivity index (χ0n) is 19.6. The molecule has 0 radical (unpaired) electrons. The second-order valence-corrected chi connectivity index (χ2v) is 8.71. The molecule has 1 fully saturated rings. The maximum atomic E-state index is 12.9. The number of carbonyl (C=O) groups is 2. The lowest BCUT2D eigenvalue weighted by molar-refractivity contribution is -0.130. The quantitative estimate of drug-likeness (QED) is 0.431. The molecule has 178 valence electrons. The Balaban J connectivity index is 1.13. The van der Waals surface area contributed by atoms with Crippen molar-refractivity contribution in [1.82, 2.24) is 29.6 Å². The van der Waals surface area contributed by atoms with Crippen LogP contribution in [0.4, 0.5) is 5.82 Å². The summed E-state index contributed by atoms with van der Waals surface area (Å²) in [6.45, 7) is 3.26. The first-order valence-electron chi connectivity index (χ1n) is 11.6. The first-order valence-corrected chi connectivity index (χ1v) is 11.6.